The number of hydrogen-bond donors (Lipinski definition) is 0. The Morgan fingerprint density at radius 2 is 1.69 bits per heavy atom. The second-order valence-electron chi connectivity index (χ2n) is 8.46. The molecule has 1 aromatic carbocycles. The van der Waals surface area contributed by atoms with E-state index in [1.54, 1.807) is 34.7 Å². The Hall–Kier alpha value is -2.69. The van der Waals surface area contributed by atoms with E-state index in [0.717, 1.165) is 11.4 Å². The average Bonchev–Trinajstić information content (AvgIpc) is 3.25. The quantitative estimate of drug-likeness (QED) is 0.238. The molecule has 0 saturated carbocycles. The van der Waals surface area contributed by atoms with Crippen LogP contribution in [0.5, 0.6) is 0 Å². The van der Waals surface area contributed by atoms with Crippen molar-refractivity contribution < 1.29 is 14.3 Å². The number of likely N-dealkylation sites (tertiary alicyclic amines) is 1. The molecule has 0 N–H and O–H groups in total. The van der Waals surface area contributed by atoms with Crippen molar-refractivity contribution in [3.63, 3.8) is 0 Å². The second kappa shape index (κ2) is 11.6. The molecule has 0 atom stereocenters. The number of esters is 1. The first-order chi connectivity index (χ1) is 17.2. The van der Waals surface area contributed by atoms with Crippen LogP contribution in [0.1, 0.15) is 47.3 Å². The Morgan fingerprint density at radius 1 is 1.06 bits per heavy atom. The molecule has 3 heterocycles. The van der Waals surface area contributed by atoms with Gasteiger partial charge in [-0.2, -0.15) is 0 Å². The Labute approximate surface area is 223 Å². The molecule has 0 spiro atoms. The molecule has 9 nitrogen and oxygen atoms in total. The molecule has 0 unspecified atom stereocenters. The Balaban J connectivity index is 1.61. The summed E-state index contributed by atoms with van der Waals surface area (Å²) in [5, 5.41) is 10.0. The van der Waals surface area contributed by atoms with Crippen molar-refractivity contribution in [1.82, 2.24) is 29.9 Å². The highest BCUT2D eigenvalue weighted by molar-refractivity contribution is 7.98. The summed E-state index contributed by atoms with van der Waals surface area (Å²) in [4.78, 5) is 36.3. The minimum atomic E-state index is -0.242. The fraction of sp³-hybridized carbons (Fsp3) is 0.417. The molecule has 1 aliphatic rings. The summed E-state index contributed by atoms with van der Waals surface area (Å²) in [7, 11) is 0. The summed E-state index contributed by atoms with van der Waals surface area (Å²) in [5.74, 6) is -0.303. The number of rotatable bonds is 7. The van der Waals surface area contributed by atoms with Gasteiger partial charge in [0.25, 0.3) is 5.91 Å². The largest absolute Gasteiger partial charge is 0.466 e. The minimum absolute atomic E-state index is 0.199. The molecule has 1 amide bonds. The van der Waals surface area contributed by atoms with Gasteiger partial charge in [0.1, 0.15) is 0 Å². The molecule has 0 aliphatic carbocycles. The van der Waals surface area contributed by atoms with Crippen LogP contribution >= 0.6 is 35.0 Å². The first-order valence-corrected chi connectivity index (χ1v) is 13.3. The van der Waals surface area contributed by atoms with Gasteiger partial charge in [-0.25, -0.2) is 14.6 Å². The fourth-order valence-corrected chi connectivity index (χ4v) is 5.54. The number of nitrogens with zero attached hydrogens (tertiary/aromatic N) is 6. The molecule has 1 fully saturated rings. The molecule has 36 heavy (non-hydrogen) atoms. The number of aromatic nitrogens is 5. The number of ether oxygens (including phenoxy) is 1. The maximum atomic E-state index is 13.5. The van der Waals surface area contributed by atoms with E-state index in [4.69, 9.17) is 27.9 Å². The number of carbonyl (C=O) groups is 2. The van der Waals surface area contributed by atoms with Crippen LogP contribution < -0.4 is 0 Å². The van der Waals surface area contributed by atoms with Crippen molar-refractivity contribution in [2.75, 3.05) is 19.7 Å². The number of benzene rings is 1. The van der Waals surface area contributed by atoms with Gasteiger partial charge in [-0.05, 0) is 57.9 Å². The third kappa shape index (κ3) is 6.16. The SMILES string of the molecule is CCOC(=O)C1CCN(C(=O)c2nnn(-c3cc(Cl)cc(Cl)c3)c2CSc2nc(C)cc(C)n2)CC1. The lowest BCUT2D eigenvalue weighted by Crippen LogP contribution is -2.41. The molecule has 0 bridgehead atoms. The molecular weight excluding hydrogens is 523 g/mol. The highest BCUT2D eigenvalue weighted by Gasteiger charge is 2.31. The fourth-order valence-electron chi connectivity index (χ4n) is 4.09. The van der Waals surface area contributed by atoms with E-state index in [1.165, 1.54) is 11.8 Å². The summed E-state index contributed by atoms with van der Waals surface area (Å²) in [6.07, 6.45) is 1.09. The van der Waals surface area contributed by atoms with Gasteiger partial charge in [-0.15, -0.1) is 5.10 Å². The van der Waals surface area contributed by atoms with E-state index in [9.17, 15) is 9.59 Å². The van der Waals surface area contributed by atoms with E-state index in [1.807, 2.05) is 19.9 Å². The van der Waals surface area contributed by atoms with Gasteiger partial charge in [-0.3, -0.25) is 9.59 Å². The predicted octanol–water partition coefficient (Wildman–Crippen LogP) is 4.69. The van der Waals surface area contributed by atoms with E-state index in [2.05, 4.69) is 20.3 Å². The summed E-state index contributed by atoms with van der Waals surface area (Å²) in [6, 6.07) is 6.95. The zero-order valence-electron chi connectivity index (χ0n) is 20.2. The van der Waals surface area contributed by atoms with Crippen molar-refractivity contribution >= 4 is 46.8 Å². The van der Waals surface area contributed by atoms with Crippen LogP contribution in [0, 0.1) is 19.8 Å². The minimum Gasteiger partial charge on any atom is -0.466 e. The molecule has 1 aliphatic heterocycles. The van der Waals surface area contributed by atoms with Crippen LogP contribution in [0.15, 0.2) is 29.4 Å². The zero-order valence-corrected chi connectivity index (χ0v) is 22.5. The number of piperidine rings is 1. The van der Waals surface area contributed by atoms with Crippen LogP contribution in [0.3, 0.4) is 0 Å². The summed E-state index contributed by atoms with van der Waals surface area (Å²) >= 11 is 13.8. The van der Waals surface area contributed by atoms with E-state index >= 15 is 0 Å². The van der Waals surface area contributed by atoms with E-state index in [0.29, 0.717) is 64.9 Å². The summed E-state index contributed by atoms with van der Waals surface area (Å²) in [5.41, 5.74) is 3.13. The Morgan fingerprint density at radius 3 is 2.31 bits per heavy atom. The summed E-state index contributed by atoms with van der Waals surface area (Å²) in [6.45, 7) is 6.83. The van der Waals surface area contributed by atoms with E-state index in [-0.39, 0.29) is 23.5 Å². The van der Waals surface area contributed by atoms with Crippen molar-refractivity contribution in [3.05, 3.63) is 57.1 Å². The number of carbonyl (C=O) groups excluding carboxylic acids is 2. The lowest BCUT2D eigenvalue weighted by atomic mass is 9.97. The number of hydrogen-bond acceptors (Lipinski definition) is 8. The van der Waals surface area contributed by atoms with Crippen LogP contribution in [-0.2, 0) is 15.3 Å². The van der Waals surface area contributed by atoms with Gasteiger partial charge < -0.3 is 9.64 Å². The van der Waals surface area contributed by atoms with Gasteiger partial charge in [0.2, 0.25) is 0 Å². The average molecular weight is 549 g/mol. The second-order valence-corrected chi connectivity index (χ2v) is 10.3. The van der Waals surface area contributed by atoms with Gasteiger partial charge >= 0.3 is 5.97 Å². The number of thioether (sulfide) groups is 1. The maximum absolute atomic E-state index is 13.5. The van der Waals surface area contributed by atoms with Crippen molar-refractivity contribution in [3.8, 4) is 5.69 Å². The van der Waals surface area contributed by atoms with E-state index < -0.39 is 0 Å². The Bertz CT molecular complexity index is 1240. The number of aryl methyl sites for hydroxylation is 2. The van der Waals surface area contributed by atoms with Crippen molar-refractivity contribution in [2.45, 2.75) is 44.5 Å². The molecule has 4 rings (SSSR count). The lowest BCUT2D eigenvalue weighted by Gasteiger charge is -2.30. The smallest absolute Gasteiger partial charge is 0.309 e. The molecular formula is C24H26Cl2N6O3S. The van der Waals surface area contributed by atoms with Gasteiger partial charge in [-0.1, -0.05) is 40.2 Å². The monoisotopic (exact) mass is 548 g/mol. The van der Waals surface area contributed by atoms with Gasteiger partial charge in [0.15, 0.2) is 10.9 Å². The predicted molar refractivity (Wildman–Crippen MR) is 138 cm³/mol. The van der Waals surface area contributed by atoms with Crippen LogP contribution in [-0.4, -0.2) is 61.4 Å². The highest BCUT2D eigenvalue weighted by atomic mass is 35.5. The highest BCUT2D eigenvalue weighted by Crippen LogP contribution is 2.28. The van der Waals surface area contributed by atoms with Crippen molar-refractivity contribution in [2.24, 2.45) is 5.92 Å². The molecule has 2 aromatic heterocycles. The zero-order chi connectivity index (χ0) is 25.8. The first-order valence-electron chi connectivity index (χ1n) is 11.6. The topological polar surface area (TPSA) is 103 Å². The molecule has 3 aromatic rings. The molecule has 0 radical (unpaired) electrons. The van der Waals surface area contributed by atoms with Crippen LogP contribution in [0.4, 0.5) is 0 Å². The molecule has 12 heteroatoms. The molecule has 190 valence electrons. The summed E-state index contributed by atoms with van der Waals surface area (Å²) < 4.78 is 6.71. The van der Waals surface area contributed by atoms with Gasteiger partial charge in [0.05, 0.1) is 23.9 Å². The van der Waals surface area contributed by atoms with Crippen molar-refractivity contribution in [1.29, 1.82) is 0 Å². The van der Waals surface area contributed by atoms with Crippen LogP contribution in [0.25, 0.3) is 5.69 Å². The normalized spacial score (nSPS) is 14.2. The van der Waals surface area contributed by atoms with Gasteiger partial charge in [0, 0.05) is 40.3 Å². The number of halogens is 2. The van der Waals surface area contributed by atoms with Crippen LogP contribution in [0.2, 0.25) is 10.0 Å². The maximum Gasteiger partial charge on any atom is 0.309 e. The lowest BCUT2D eigenvalue weighted by molar-refractivity contribution is -0.149. The Kier molecular flexibility index (Phi) is 8.48. The first kappa shape index (κ1) is 26.4. The number of amides is 1. The molecule has 1 saturated heterocycles. The third-order valence-electron chi connectivity index (χ3n) is 5.76. The standard InChI is InChI=1S/C24H26Cl2N6O3S/c1-4-35-23(34)16-5-7-31(8-6-16)22(33)21-20(13-36-24-27-14(2)9-15(3)28-24)32(30-29-21)19-11-17(25)10-18(26)12-19/h9-12,16H,4-8,13H2,1-3H3. The third-order valence-corrected chi connectivity index (χ3v) is 7.05.